The largest absolute Gasteiger partial charge is 0.321 e. The van der Waals surface area contributed by atoms with E-state index in [-0.39, 0.29) is 10.5 Å². The first-order valence-corrected chi connectivity index (χ1v) is 11.4. The van der Waals surface area contributed by atoms with Gasteiger partial charge in [0.15, 0.2) is 0 Å². The summed E-state index contributed by atoms with van der Waals surface area (Å²) in [7, 11) is -3.81. The molecule has 2 aromatic rings. The Labute approximate surface area is 173 Å². The van der Waals surface area contributed by atoms with E-state index in [1.807, 2.05) is 45.9 Å². The van der Waals surface area contributed by atoms with Crippen molar-refractivity contribution < 1.29 is 17.6 Å². The molecule has 0 fully saturated rings. The fourth-order valence-electron chi connectivity index (χ4n) is 3.22. The molecule has 7 heteroatoms. The van der Waals surface area contributed by atoms with Crippen molar-refractivity contribution in [2.75, 3.05) is 18.4 Å². The zero-order valence-electron chi connectivity index (χ0n) is 17.5. The summed E-state index contributed by atoms with van der Waals surface area (Å²) >= 11 is 0. The van der Waals surface area contributed by atoms with Crippen molar-refractivity contribution in [3.63, 3.8) is 0 Å². The highest BCUT2D eigenvalue weighted by Crippen LogP contribution is 2.24. The molecule has 158 valence electrons. The van der Waals surface area contributed by atoms with Crippen LogP contribution < -0.4 is 5.32 Å². The fraction of sp³-hybridized carbons (Fsp3) is 0.409. The lowest BCUT2D eigenvalue weighted by molar-refractivity contribution is 0.102. The molecule has 0 spiro atoms. The Morgan fingerprint density at radius 1 is 1.07 bits per heavy atom. The lowest BCUT2D eigenvalue weighted by Crippen LogP contribution is -2.32. The van der Waals surface area contributed by atoms with Crippen LogP contribution in [-0.4, -0.2) is 31.7 Å². The minimum absolute atomic E-state index is 0.0774. The molecule has 0 bridgehead atoms. The van der Waals surface area contributed by atoms with Crippen molar-refractivity contribution in [3.05, 3.63) is 58.9 Å². The number of halogens is 1. The SMILES string of the molecule is CCCN(CCC)S(=O)(=O)c1ccc(F)c(C(=O)Nc2c(C)cccc2CC)c1. The van der Waals surface area contributed by atoms with Gasteiger partial charge >= 0.3 is 0 Å². The number of sulfonamides is 1. The second-order valence-electron chi connectivity index (χ2n) is 6.96. The maximum Gasteiger partial charge on any atom is 0.258 e. The van der Waals surface area contributed by atoms with Crippen molar-refractivity contribution in [1.29, 1.82) is 0 Å². The number of anilines is 1. The summed E-state index contributed by atoms with van der Waals surface area (Å²) in [4.78, 5) is 12.7. The first-order valence-electron chi connectivity index (χ1n) is 9.95. The number of nitrogens with zero attached hydrogens (tertiary/aromatic N) is 1. The van der Waals surface area contributed by atoms with E-state index in [4.69, 9.17) is 0 Å². The smallest absolute Gasteiger partial charge is 0.258 e. The number of carbonyl (C=O) groups is 1. The third-order valence-electron chi connectivity index (χ3n) is 4.74. The molecular weight excluding hydrogens is 391 g/mol. The summed E-state index contributed by atoms with van der Waals surface area (Å²) in [5.74, 6) is -1.42. The molecule has 0 aliphatic heterocycles. The number of hydrogen-bond acceptors (Lipinski definition) is 3. The van der Waals surface area contributed by atoms with Gasteiger partial charge in [-0.3, -0.25) is 4.79 Å². The predicted molar refractivity (Wildman–Crippen MR) is 114 cm³/mol. The molecule has 0 heterocycles. The molecule has 0 aromatic heterocycles. The maximum atomic E-state index is 14.4. The van der Waals surface area contributed by atoms with E-state index in [9.17, 15) is 17.6 Å². The fourth-order valence-corrected chi connectivity index (χ4v) is 4.87. The van der Waals surface area contributed by atoms with Crippen LogP contribution >= 0.6 is 0 Å². The van der Waals surface area contributed by atoms with Gasteiger partial charge in [-0.15, -0.1) is 0 Å². The van der Waals surface area contributed by atoms with E-state index < -0.39 is 21.7 Å². The van der Waals surface area contributed by atoms with Crippen molar-refractivity contribution in [2.45, 2.75) is 51.9 Å². The van der Waals surface area contributed by atoms with Gasteiger partial charge in [0.1, 0.15) is 5.82 Å². The molecule has 0 atom stereocenters. The number of para-hydroxylation sites is 1. The monoisotopic (exact) mass is 420 g/mol. The zero-order valence-corrected chi connectivity index (χ0v) is 18.3. The molecule has 29 heavy (non-hydrogen) atoms. The van der Waals surface area contributed by atoms with Gasteiger partial charge in [-0.2, -0.15) is 4.31 Å². The Balaban J connectivity index is 2.42. The summed E-state index contributed by atoms with van der Waals surface area (Å²) in [6.07, 6.45) is 2.04. The van der Waals surface area contributed by atoms with Crippen molar-refractivity contribution in [1.82, 2.24) is 4.31 Å². The second-order valence-corrected chi connectivity index (χ2v) is 8.90. The van der Waals surface area contributed by atoms with Gasteiger partial charge in [-0.25, -0.2) is 12.8 Å². The zero-order chi connectivity index (χ0) is 21.6. The summed E-state index contributed by atoms with van der Waals surface area (Å²) in [5.41, 5.74) is 2.13. The molecule has 1 amide bonds. The minimum atomic E-state index is -3.81. The van der Waals surface area contributed by atoms with Gasteiger partial charge in [0.2, 0.25) is 10.0 Å². The normalized spacial score (nSPS) is 11.7. The van der Waals surface area contributed by atoms with Gasteiger partial charge in [0.05, 0.1) is 10.5 Å². The summed E-state index contributed by atoms with van der Waals surface area (Å²) in [6.45, 7) is 8.37. The molecule has 0 radical (unpaired) electrons. The standard InChI is InChI=1S/C22H29FN2O3S/c1-5-13-25(14-6-2)29(27,28)18-11-12-20(23)19(15-18)22(26)24-21-16(4)9-8-10-17(21)7-3/h8-12,15H,5-7,13-14H2,1-4H3,(H,24,26). The van der Waals surface area contributed by atoms with E-state index in [1.165, 1.54) is 10.4 Å². The third-order valence-corrected chi connectivity index (χ3v) is 6.64. The number of rotatable bonds is 9. The summed E-state index contributed by atoms with van der Waals surface area (Å²) in [5, 5.41) is 2.76. The van der Waals surface area contributed by atoms with Crippen LogP contribution in [-0.2, 0) is 16.4 Å². The van der Waals surface area contributed by atoms with Crippen LogP contribution in [0.15, 0.2) is 41.3 Å². The number of aryl methyl sites for hydroxylation is 2. The highest BCUT2D eigenvalue weighted by molar-refractivity contribution is 7.89. The lowest BCUT2D eigenvalue weighted by atomic mass is 10.1. The van der Waals surface area contributed by atoms with E-state index in [0.717, 1.165) is 23.3 Å². The highest BCUT2D eigenvalue weighted by atomic mass is 32.2. The minimum Gasteiger partial charge on any atom is -0.321 e. The summed E-state index contributed by atoms with van der Waals surface area (Å²) in [6, 6.07) is 9.03. The number of hydrogen-bond donors (Lipinski definition) is 1. The average molecular weight is 421 g/mol. The van der Waals surface area contributed by atoms with Crippen LogP contribution in [0.3, 0.4) is 0 Å². The predicted octanol–water partition coefficient (Wildman–Crippen LogP) is 4.76. The molecule has 2 aromatic carbocycles. The van der Waals surface area contributed by atoms with Crippen LogP contribution in [0.1, 0.15) is 55.1 Å². The second kappa shape index (κ2) is 9.98. The molecule has 0 aliphatic carbocycles. The van der Waals surface area contributed by atoms with Crippen LogP contribution in [0.4, 0.5) is 10.1 Å². The average Bonchev–Trinajstić information content (AvgIpc) is 2.69. The third kappa shape index (κ3) is 5.22. The van der Waals surface area contributed by atoms with Crippen molar-refractivity contribution in [2.24, 2.45) is 0 Å². The first-order chi connectivity index (χ1) is 13.8. The Hall–Kier alpha value is -2.25. The van der Waals surface area contributed by atoms with Crippen LogP contribution in [0.25, 0.3) is 0 Å². The van der Waals surface area contributed by atoms with Crippen molar-refractivity contribution >= 4 is 21.6 Å². The van der Waals surface area contributed by atoms with Gasteiger partial charge in [0.25, 0.3) is 5.91 Å². The van der Waals surface area contributed by atoms with E-state index in [2.05, 4.69) is 5.32 Å². The van der Waals surface area contributed by atoms with E-state index in [0.29, 0.717) is 38.0 Å². The highest BCUT2D eigenvalue weighted by Gasteiger charge is 2.25. The molecule has 0 aliphatic rings. The topological polar surface area (TPSA) is 66.5 Å². The van der Waals surface area contributed by atoms with Crippen LogP contribution in [0, 0.1) is 12.7 Å². The lowest BCUT2D eigenvalue weighted by Gasteiger charge is -2.21. The first kappa shape index (κ1) is 23.0. The maximum absolute atomic E-state index is 14.4. The van der Waals surface area contributed by atoms with Crippen LogP contribution in [0.5, 0.6) is 0 Å². The Morgan fingerprint density at radius 3 is 2.31 bits per heavy atom. The number of amides is 1. The molecule has 0 unspecified atom stereocenters. The molecule has 5 nitrogen and oxygen atoms in total. The molecule has 2 rings (SSSR count). The van der Waals surface area contributed by atoms with Gasteiger partial charge in [0, 0.05) is 18.8 Å². The Bertz CT molecular complexity index is 968. The number of carbonyl (C=O) groups excluding carboxylic acids is 1. The van der Waals surface area contributed by atoms with Gasteiger partial charge in [-0.05, 0) is 55.5 Å². The number of benzene rings is 2. The van der Waals surface area contributed by atoms with Crippen molar-refractivity contribution in [3.8, 4) is 0 Å². The Morgan fingerprint density at radius 2 is 1.72 bits per heavy atom. The number of nitrogens with one attached hydrogen (secondary N) is 1. The quantitative estimate of drug-likeness (QED) is 0.636. The van der Waals surface area contributed by atoms with E-state index >= 15 is 0 Å². The van der Waals surface area contributed by atoms with Gasteiger partial charge < -0.3 is 5.32 Å². The molecule has 0 saturated heterocycles. The molecule has 1 N–H and O–H groups in total. The van der Waals surface area contributed by atoms with E-state index in [1.54, 1.807) is 0 Å². The van der Waals surface area contributed by atoms with Gasteiger partial charge in [-0.1, -0.05) is 39.0 Å². The molecular formula is C22H29FN2O3S. The molecule has 0 saturated carbocycles. The van der Waals surface area contributed by atoms with Crippen LogP contribution in [0.2, 0.25) is 0 Å². The summed E-state index contributed by atoms with van der Waals surface area (Å²) < 4.78 is 41.8. The Kier molecular flexibility index (Phi) is 7.93.